The van der Waals surface area contributed by atoms with Crippen LogP contribution >= 0.6 is 0 Å². The number of nitrogens with zero attached hydrogens (tertiary/aromatic N) is 2. The van der Waals surface area contributed by atoms with Crippen LogP contribution in [0.3, 0.4) is 0 Å². The highest BCUT2D eigenvalue weighted by Gasteiger charge is 2.16. The van der Waals surface area contributed by atoms with Gasteiger partial charge in [0.1, 0.15) is 5.69 Å². The van der Waals surface area contributed by atoms with Gasteiger partial charge in [-0.15, -0.1) is 0 Å². The third kappa shape index (κ3) is 3.82. The van der Waals surface area contributed by atoms with Crippen molar-refractivity contribution in [2.45, 2.75) is 19.4 Å². The summed E-state index contributed by atoms with van der Waals surface area (Å²) in [5.74, 6) is -0.185. The molecule has 31 heavy (non-hydrogen) atoms. The van der Waals surface area contributed by atoms with Crippen molar-refractivity contribution in [3.63, 3.8) is 0 Å². The van der Waals surface area contributed by atoms with E-state index in [1.54, 1.807) is 16.8 Å². The van der Waals surface area contributed by atoms with E-state index in [9.17, 15) is 9.90 Å². The lowest BCUT2D eigenvalue weighted by Crippen LogP contribution is -2.33. The van der Waals surface area contributed by atoms with Crippen LogP contribution in [-0.2, 0) is 13.6 Å². The Hall–Kier alpha value is -3.16. The Labute approximate surface area is 180 Å². The molecule has 0 radical (unpaired) electrons. The van der Waals surface area contributed by atoms with E-state index in [1.807, 2.05) is 13.1 Å². The largest absolute Gasteiger partial charge is 0.478 e. The topological polar surface area (TPSA) is 95.0 Å². The van der Waals surface area contributed by atoms with E-state index >= 15 is 0 Å². The number of aromatic nitrogens is 3. The fourth-order valence-electron chi connectivity index (χ4n) is 4.59. The van der Waals surface area contributed by atoms with Gasteiger partial charge in [-0.2, -0.15) is 5.10 Å². The molecule has 2 aromatic carbocycles. The molecule has 0 unspecified atom stereocenters. The highest BCUT2D eigenvalue weighted by Crippen LogP contribution is 2.31. The molecule has 0 saturated carbocycles. The fraction of sp³-hybridized carbons (Fsp3) is 0.333. The molecule has 160 valence electrons. The molecule has 7 heteroatoms. The lowest BCUT2D eigenvalue weighted by atomic mass is 9.98. The predicted molar refractivity (Wildman–Crippen MR) is 122 cm³/mol. The maximum Gasteiger partial charge on any atom is 0.335 e. The van der Waals surface area contributed by atoms with E-state index in [1.165, 1.54) is 23.8 Å². The van der Waals surface area contributed by atoms with Gasteiger partial charge in [-0.1, -0.05) is 12.1 Å². The van der Waals surface area contributed by atoms with Gasteiger partial charge < -0.3 is 20.7 Å². The lowest BCUT2D eigenvalue weighted by Gasteiger charge is -2.22. The second-order valence-electron chi connectivity index (χ2n) is 8.39. The molecule has 4 aromatic rings. The van der Waals surface area contributed by atoms with Crippen LogP contribution in [0.1, 0.15) is 28.8 Å². The Kier molecular flexibility index (Phi) is 5.21. The summed E-state index contributed by atoms with van der Waals surface area (Å²) >= 11 is 0. The maximum absolute atomic E-state index is 11.3. The zero-order valence-corrected chi connectivity index (χ0v) is 17.6. The van der Waals surface area contributed by atoms with E-state index in [4.69, 9.17) is 0 Å². The van der Waals surface area contributed by atoms with Gasteiger partial charge in [0.15, 0.2) is 0 Å². The van der Waals surface area contributed by atoms with Crippen molar-refractivity contribution in [1.29, 1.82) is 0 Å². The second kappa shape index (κ2) is 8.17. The van der Waals surface area contributed by atoms with E-state index in [2.05, 4.69) is 45.0 Å². The minimum absolute atomic E-state index is 0.265. The first-order chi connectivity index (χ1) is 15.1. The number of aromatic amines is 1. The summed E-state index contributed by atoms with van der Waals surface area (Å²) in [5.41, 5.74) is 5.19. The number of rotatable bonds is 6. The molecule has 1 aliphatic rings. The molecular formula is C24H27N5O2. The summed E-state index contributed by atoms with van der Waals surface area (Å²) in [6.07, 6.45) is 2.48. The molecule has 4 N–H and O–H groups in total. The molecule has 5 rings (SSSR count). The van der Waals surface area contributed by atoms with Crippen LogP contribution in [-0.4, -0.2) is 45.5 Å². The monoisotopic (exact) mass is 417 g/mol. The highest BCUT2D eigenvalue weighted by molar-refractivity contribution is 6.00. The molecular weight excluding hydrogens is 390 g/mol. The van der Waals surface area contributed by atoms with Crippen molar-refractivity contribution in [1.82, 2.24) is 25.4 Å². The summed E-state index contributed by atoms with van der Waals surface area (Å²) in [5, 5.41) is 23.2. The predicted octanol–water partition coefficient (Wildman–Crippen LogP) is 3.51. The fourth-order valence-corrected chi connectivity index (χ4v) is 4.59. The number of carbonyl (C=O) groups is 1. The van der Waals surface area contributed by atoms with Gasteiger partial charge in [0.05, 0.1) is 16.8 Å². The number of aryl methyl sites for hydroxylation is 1. The van der Waals surface area contributed by atoms with Gasteiger partial charge in [-0.3, -0.25) is 4.68 Å². The Bertz CT molecular complexity index is 1250. The first kappa shape index (κ1) is 19.8. The average Bonchev–Trinajstić information content (AvgIpc) is 3.36. The van der Waals surface area contributed by atoms with Gasteiger partial charge in [0.25, 0.3) is 0 Å². The minimum Gasteiger partial charge on any atom is -0.478 e. The number of H-pyrrole nitrogens is 1. The number of nitrogens with one attached hydrogen (secondary N) is 3. The van der Waals surface area contributed by atoms with Crippen molar-refractivity contribution in [3.8, 4) is 11.4 Å². The van der Waals surface area contributed by atoms with Gasteiger partial charge in [-0.05, 0) is 74.3 Å². The number of benzene rings is 2. The first-order valence-corrected chi connectivity index (χ1v) is 10.8. The molecule has 2 aromatic heterocycles. The Balaban J connectivity index is 1.44. The zero-order chi connectivity index (χ0) is 21.4. The second-order valence-corrected chi connectivity index (χ2v) is 8.39. The quantitative estimate of drug-likeness (QED) is 0.385. The summed E-state index contributed by atoms with van der Waals surface area (Å²) in [4.78, 5) is 14.8. The zero-order valence-electron chi connectivity index (χ0n) is 17.6. The van der Waals surface area contributed by atoms with E-state index in [0.717, 1.165) is 59.9 Å². The first-order valence-electron chi connectivity index (χ1n) is 10.8. The van der Waals surface area contributed by atoms with Crippen LogP contribution in [0.5, 0.6) is 0 Å². The third-order valence-electron chi connectivity index (χ3n) is 6.32. The van der Waals surface area contributed by atoms with Crippen LogP contribution in [0.2, 0.25) is 0 Å². The molecule has 1 fully saturated rings. The maximum atomic E-state index is 11.3. The molecule has 0 atom stereocenters. The van der Waals surface area contributed by atoms with Gasteiger partial charge in [-0.25, -0.2) is 4.79 Å². The van der Waals surface area contributed by atoms with Crippen LogP contribution in [0.15, 0.2) is 42.5 Å². The Morgan fingerprint density at radius 1 is 1.19 bits per heavy atom. The van der Waals surface area contributed by atoms with Crippen molar-refractivity contribution in [3.05, 3.63) is 53.6 Å². The number of carboxylic acid groups (broad SMARTS) is 1. The summed E-state index contributed by atoms with van der Waals surface area (Å²) < 4.78 is 1.74. The van der Waals surface area contributed by atoms with Gasteiger partial charge in [0.2, 0.25) is 0 Å². The normalized spacial score (nSPS) is 15.1. The van der Waals surface area contributed by atoms with Crippen molar-refractivity contribution < 1.29 is 9.90 Å². The van der Waals surface area contributed by atoms with Crippen LogP contribution in [0.25, 0.3) is 33.2 Å². The molecule has 0 amide bonds. The van der Waals surface area contributed by atoms with E-state index in [-0.39, 0.29) is 5.56 Å². The summed E-state index contributed by atoms with van der Waals surface area (Å²) in [6.45, 7) is 4.12. The summed E-state index contributed by atoms with van der Waals surface area (Å²) in [7, 11) is 1.84. The van der Waals surface area contributed by atoms with Crippen molar-refractivity contribution in [2.75, 3.05) is 19.6 Å². The number of fused-ring (bicyclic) bond motifs is 2. The molecule has 1 aliphatic heterocycles. The van der Waals surface area contributed by atoms with E-state index in [0.29, 0.717) is 0 Å². The van der Waals surface area contributed by atoms with Crippen LogP contribution in [0.4, 0.5) is 0 Å². The molecule has 7 nitrogen and oxygen atoms in total. The third-order valence-corrected chi connectivity index (χ3v) is 6.32. The van der Waals surface area contributed by atoms with Crippen LogP contribution in [0, 0.1) is 5.92 Å². The van der Waals surface area contributed by atoms with Gasteiger partial charge in [0, 0.05) is 29.9 Å². The van der Waals surface area contributed by atoms with Crippen LogP contribution < -0.4 is 10.6 Å². The lowest BCUT2D eigenvalue weighted by molar-refractivity contribution is 0.0697. The number of hydrogen-bond acceptors (Lipinski definition) is 4. The van der Waals surface area contributed by atoms with Gasteiger partial charge >= 0.3 is 5.97 Å². The molecule has 3 heterocycles. The Morgan fingerprint density at radius 2 is 2.03 bits per heavy atom. The van der Waals surface area contributed by atoms with E-state index < -0.39 is 5.97 Å². The minimum atomic E-state index is -0.933. The molecule has 0 spiro atoms. The standard InChI is InChI=1S/C24H27N5O2/c1-29-22-11-16(24(30)31)5-6-18(22)23(28-29)21-12-19-17(3-2-4-20(19)27-21)14-26-13-15-7-9-25-10-8-15/h2-6,11-12,15,25-27H,7-10,13-14H2,1H3,(H,30,31). The SMILES string of the molecule is Cn1nc(-c2cc3c(CNCC4CCNCC4)cccc3[nH]2)c2ccc(C(=O)O)cc21. The smallest absolute Gasteiger partial charge is 0.335 e. The Morgan fingerprint density at radius 3 is 2.84 bits per heavy atom. The van der Waals surface area contributed by atoms with Crippen molar-refractivity contribution >= 4 is 27.8 Å². The number of piperidine rings is 1. The number of aromatic carboxylic acids is 1. The molecule has 0 aliphatic carbocycles. The number of hydrogen-bond donors (Lipinski definition) is 4. The summed E-state index contributed by atoms with van der Waals surface area (Å²) in [6, 6.07) is 13.6. The molecule has 0 bridgehead atoms. The molecule has 1 saturated heterocycles. The van der Waals surface area contributed by atoms with Crippen molar-refractivity contribution in [2.24, 2.45) is 13.0 Å². The highest BCUT2D eigenvalue weighted by atomic mass is 16.4. The number of carboxylic acids is 1. The average molecular weight is 418 g/mol.